The van der Waals surface area contributed by atoms with Gasteiger partial charge in [-0.3, -0.25) is 24.2 Å². The van der Waals surface area contributed by atoms with Crippen LogP contribution in [-0.2, 0) is 36.8 Å². The zero-order valence-corrected chi connectivity index (χ0v) is 23.1. The molecule has 4 amide bonds. The first-order valence-corrected chi connectivity index (χ1v) is 13.3. The number of hydrogen-bond acceptors (Lipinski definition) is 7. The number of nitrogens with two attached hydrogens (primary N) is 4. The molecule has 2 aromatic carbocycles. The molecule has 0 bridgehead atoms. The molecule has 0 aliphatic rings. The molecule has 2 rings (SSSR count). The second-order valence-electron chi connectivity index (χ2n) is 9.63. The van der Waals surface area contributed by atoms with Crippen LogP contribution in [-0.4, -0.2) is 71.4 Å². The second kappa shape index (κ2) is 17.0. The highest BCUT2D eigenvalue weighted by molar-refractivity contribution is 5.95. The van der Waals surface area contributed by atoms with Crippen LogP contribution in [0.25, 0.3) is 0 Å². The number of carbonyl (C=O) groups is 5. The van der Waals surface area contributed by atoms with Crippen LogP contribution >= 0.6 is 0 Å². The third-order valence-electron chi connectivity index (χ3n) is 6.15. The summed E-state index contributed by atoms with van der Waals surface area (Å²) in [5.41, 5.74) is 23.0. The molecule has 226 valence electrons. The van der Waals surface area contributed by atoms with Crippen molar-refractivity contribution in [2.45, 2.75) is 56.3 Å². The second-order valence-corrected chi connectivity index (χ2v) is 9.63. The van der Waals surface area contributed by atoms with Crippen LogP contribution in [0.1, 0.15) is 30.4 Å². The van der Waals surface area contributed by atoms with Gasteiger partial charge in [0.25, 0.3) is 0 Å². The van der Waals surface area contributed by atoms with Gasteiger partial charge in [0.05, 0.1) is 12.5 Å². The van der Waals surface area contributed by atoms with Crippen LogP contribution in [0.3, 0.4) is 0 Å². The minimum atomic E-state index is -1.29. The molecule has 12 N–H and O–H groups in total. The topological polar surface area (TPSA) is 258 Å². The Bertz CT molecular complexity index is 1240. The number of nitrogens with one attached hydrogen (secondary N) is 3. The monoisotopic (exact) mass is 582 g/mol. The first kappa shape index (κ1) is 33.2. The maximum absolute atomic E-state index is 13.5. The number of primary amides is 1. The average molecular weight is 583 g/mol. The van der Waals surface area contributed by atoms with E-state index in [1.807, 2.05) is 0 Å². The Morgan fingerprint density at radius 2 is 1.19 bits per heavy atom. The van der Waals surface area contributed by atoms with Gasteiger partial charge >= 0.3 is 5.97 Å². The molecule has 0 aliphatic carbocycles. The normalized spacial score (nSPS) is 13.5. The zero-order valence-electron chi connectivity index (χ0n) is 23.1. The van der Waals surface area contributed by atoms with Gasteiger partial charge in [0.1, 0.15) is 18.1 Å². The fourth-order valence-electron chi connectivity index (χ4n) is 4.01. The number of aliphatic carboxylic acids is 1. The predicted octanol–water partition coefficient (Wildman–Crippen LogP) is -1.73. The molecule has 2 aromatic rings. The molecule has 0 radical (unpaired) electrons. The number of carboxylic acid groups (broad SMARTS) is 1. The van der Waals surface area contributed by atoms with Crippen molar-refractivity contribution < 1.29 is 29.1 Å². The number of nitrogens with zero attached hydrogens (tertiary/aromatic N) is 1. The Kier molecular flexibility index (Phi) is 13.4. The number of carbonyl (C=O) groups excluding carboxylic acids is 4. The van der Waals surface area contributed by atoms with E-state index in [9.17, 15) is 29.1 Å². The van der Waals surface area contributed by atoms with Gasteiger partial charge in [-0.1, -0.05) is 60.7 Å². The van der Waals surface area contributed by atoms with Gasteiger partial charge in [0, 0.05) is 19.4 Å². The van der Waals surface area contributed by atoms with Crippen molar-refractivity contribution in [1.82, 2.24) is 16.0 Å². The van der Waals surface area contributed by atoms with Crippen LogP contribution in [0.4, 0.5) is 0 Å². The maximum atomic E-state index is 13.5. The fraction of sp³-hybridized carbons (Fsp3) is 0.357. The van der Waals surface area contributed by atoms with Crippen molar-refractivity contribution in [3.63, 3.8) is 0 Å². The van der Waals surface area contributed by atoms with E-state index in [0.717, 1.165) is 0 Å². The number of amides is 4. The molecule has 0 spiro atoms. The lowest BCUT2D eigenvalue weighted by Gasteiger charge is -2.25. The van der Waals surface area contributed by atoms with Gasteiger partial charge in [-0.15, -0.1) is 0 Å². The highest BCUT2D eigenvalue weighted by atomic mass is 16.4. The van der Waals surface area contributed by atoms with Crippen molar-refractivity contribution in [3.05, 3.63) is 71.8 Å². The summed E-state index contributed by atoms with van der Waals surface area (Å²) in [6.45, 7) is 0.153. The molecule has 4 atom stereocenters. The Labute approximate surface area is 243 Å². The van der Waals surface area contributed by atoms with Crippen LogP contribution < -0.4 is 38.9 Å². The van der Waals surface area contributed by atoms with E-state index in [4.69, 9.17) is 22.9 Å². The number of rotatable bonds is 17. The Balaban J connectivity index is 2.26. The number of benzene rings is 2. The van der Waals surface area contributed by atoms with E-state index in [2.05, 4.69) is 20.9 Å². The SMILES string of the molecule is NC(=O)CC(N)C(=O)NC(Cc1ccccc1)C(=O)NC(CCCN=C(N)N)C(=O)NC(Cc1ccccc1)C(=O)O. The van der Waals surface area contributed by atoms with Gasteiger partial charge in [-0.05, 0) is 24.0 Å². The Morgan fingerprint density at radius 1 is 0.714 bits per heavy atom. The third-order valence-corrected chi connectivity index (χ3v) is 6.15. The highest BCUT2D eigenvalue weighted by Crippen LogP contribution is 2.08. The standard InChI is InChI=1S/C28H38N8O6/c29-19(16-23(30)37)24(38)35-21(14-17-8-3-1-4-9-17)26(40)34-20(12-7-13-33-28(31)32)25(39)36-22(27(41)42)15-18-10-5-2-6-11-18/h1-6,8-11,19-22H,7,12-16,29H2,(H2,30,37)(H,34,40)(H,35,38)(H,36,39)(H,41,42)(H4,31,32,33). The fourth-order valence-corrected chi connectivity index (χ4v) is 4.01. The van der Waals surface area contributed by atoms with Crippen LogP contribution in [0, 0.1) is 0 Å². The van der Waals surface area contributed by atoms with E-state index >= 15 is 0 Å². The minimum absolute atomic E-state index is 0.0149. The molecular formula is C28H38N8O6. The maximum Gasteiger partial charge on any atom is 0.326 e. The van der Waals surface area contributed by atoms with Crippen LogP contribution in [0.15, 0.2) is 65.7 Å². The molecule has 14 nitrogen and oxygen atoms in total. The molecule has 4 unspecified atom stereocenters. The van der Waals surface area contributed by atoms with Gasteiger partial charge in [0.15, 0.2) is 5.96 Å². The van der Waals surface area contributed by atoms with Crippen molar-refractivity contribution in [1.29, 1.82) is 0 Å². The van der Waals surface area contributed by atoms with Crippen molar-refractivity contribution in [2.75, 3.05) is 6.54 Å². The summed E-state index contributed by atoms with van der Waals surface area (Å²) in [5.74, 6) is -4.45. The number of carboxylic acids is 1. The van der Waals surface area contributed by atoms with Crippen molar-refractivity contribution in [2.24, 2.45) is 27.9 Å². The quantitative estimate of drug-likeness (QED) is 0.0597. The lowest BCUT2D eigenvalue weighted by Crippen LogP contribution is -2.58. The van der Waals surface area contributed by atoms with E-state index in [0.29, 0.717) is 11.1 Å². The summed E-state index contributed by atoms with van der Waals surface area (Å²) in [7, 11) is 0. The van der Waals surface area contributed by atoms with Gasteiger partial charge < -0.3 is 44.0 Å². The van der Waals surface area contributed by atoms with Gasteiger partial charge in [-0.2, -0.15) is 0 Å². The molecule has 14 heteroatoms. The molecule has 0 fully saturated rings. The summed E-state index contributed by atoms with van der Waals surface area (Å²) in [4.78, 5) is 66.5. The molecule has 0 saturated heterocycles. The van der Waals surface area contributed by atoms with Gasteiger partial charge in [-0.25, -0.2) is 4.79 Å². The molecular weight excluding hydrogens is 544 g/mol. The summed E-state index contributed by atoms with van der Waals surface area (Å²) in [6, 6.07) is 12.6. The minimum Gasteiger partial charge on any atom is -0.480 e. The van der Waals surface area contributed by atoms with E-state index in [1.165, 1.54) is 0 Å². The largest absolute Gasteiger partial charge is 0.480 e. The Hall–Kier alpha value is -4.98. The summed E-state index contributed by atoms with van der Waals surface area (Å²) in [6.07, 6.45) is -0.0543. The predicted molar refractivity (Wildman–Crippen MR) is 155 cm³/mol. The first-order chi connectivity index (χ1) is 20.0. The van der Waals surface area contributed by atoms with Crippen LogP contribution in [0.2, 0.25) is 0 Å². The van der Waals surface area contributed by atoms with Crippen molar-refractivity contribution >= 4 is 35.6 Å². The number of hydrogen-bond donors (Lipinski definition) is 8. The van der Waals surface area contributed by atoms with E-state index in [1.54, 1.807) is 60.7 Å². The third kappa shape index (κ3) is 12.0. The molecule has 0 aromatic heterocycles. The first-order valence-electron chi connectivity index (χ1n) is 13.3. The summed E-state index contributed by atoms with van der Waals surface area (Å²) in [5, 5.41) is 17.4. The number of guanidine groups is 1. The van der Waals surface area contributed by atoms with Gasteiger partial charge in [0.2, 0.25) is 23.6 Å². The lowest BCUT2D eigenvalue weighted by molar-refractivity contribution is -0.142. The average Bonchev–Trinajstić information content (AvgIpc) is 2.94. The lowest BCUT2D eigenvalue weighted by atomic mass is 10.0. The highest BCUT2D eigenvalue weighted by Gasteiger charge is 2.30. The molecule has 0 heterocycles. The smallest absolute Gasteiger partial charge is 0.326 e. The summed E-state index contributed by atoms with van der Waals surface area (Å²) < 4.78 is 0. The van der Waals surface area contributed by atoms with Crippen molar-refractivity contribution in [3.8, 4) is 0 Å². The molecule has 42 heavy (non-hydrogen) atoms. The summed E-state index contributed by atoms with van der Waals surface area (Å²) >= 11 is 0. The Morgan fingerprint density at radius 3 is 1.69 bits per heavy atom. The van der Waals surface area contributed by atoms with Crippen LogP contribution in [0.5, 0.6) is 0 Å². The number of aliphatic imine (C=N–C) groups is 1. The van der Waals surface area contributed by atoms with E-state index in [-0.39, 0.29) is 38.2 Å². The zero-order chi connectivity index (χ0) is 31.1. The van der Waals surface area contributed by atoms with E-state index < -0.39 is 60.2 Å². The molecule has 0 aliphatic heterocycles. The molecule has 0 saturated carbocycles.